The average Bonchev–Trinajstić information content (AvgIpc) is 2.70. The van der Waals surface area contributed by atoms with E-state index in [0.717, 1.165) is 12.8 Å². The Kier molecular flexibility index (Phi) is 13.5. The van der Waals surface area contributed by atoms with Gasteiger partial charge in [-0.1, -0.05) is 48.5 Å². The van der Waals surface area contributed by atoms with Gasteiger partial charge in [-0.3, -0.25) is 0 Å². The molecule has 4 aromatic carbocycles. The van der Waals surface area contributed by atoms with E-state index in [1.165, 1.54) is 48.3 Å². The van der Waals surface area contributed by atoms with Crippen molar-refractivity contribution < 1.29 is 20.4 Å². The minimum atomic E-state index is 0. The summed E-state index contributed by atoms with van der Waals surface area (Å²) in [5, 5.41) is 4.87. The first-order valence-corrected chi connectivity index (χ1v) is 17.2. The summed E-state index contributed by atoms with van der Waals surface area (Å²) < 4.78 is 1.18. The SMILES string of the molecule is Br.Brc1c2ccccc2[c]c2cc3c(cc12)Cc1ccccc1C3.CP(C)C.C[PH+](C)C.[Pd]. The molecule has 0 aliphatic heterocycles. The quantitative estimate of drug-likeness (QED) is 0.0861. The van der Waals surface area contributed by atoms with E-state index in [4.69, 9.17) is 0 Å². The van der Waals surface area contributed by atoms with Gasteiger partial charge in [-0.05, 0) is 119 Å². The van der Waals surface area contributed by atoms with Crippen LogP contribution in [0.15, 0.2) is 65.1 Å². The van der Waals surface area contributed by atoms with E-state index in [2.05, 4.69) is 123 Å². The minimum absolute atomic E-state index is 0. The predicted octanol–water partition coefficient (Wildman–Crippen LogP) is 9.07. The Morgan fingerprint density at radius 2 is 1.18 bits per heavy atom. The molecule has 33 heavy (non-hydrogen) atoms. The van der Waals surface area contributed by atoms with E-state index in [9.17, 15) is 0 Å². The maximum Gasteiger partial charge on any atom is 0.0461 e. The van der Waals surface area contributed by atoms with Crippen molar-refractivity contribution in [1.82, 2.24) is 0 Å². The number of benzene rings is 4. The largest absolute Gasteiger partial charge is 0.116 e. The third-order valence-electron chi connectivity index (χ3n) is 4.89. The smallest absolute Gasteiger partial charge is 0.0461 e. The first kappa shape index (κ1) is 30.9. The Balaban J connectivity index is 0.000000480. The third-order valence-corrected chi connectivity index (χ3v) is 5.74. The van der Waals surface area contributed by atoms with Crippen LogP contribution >= 0.6 is 48.8 Å². The van der Waals surface area contributed by atoms with Crippen LogP contribution in [0.5, 0.6) is 0 Å². The van der Waals surface area contributed by atoms with Gasteiger partial charge in [0, 0.05) is 44.9 Å². The van der Waals surface area contributed by atoms with Crippen molar-refractivity contribution in [1.29, 1.82) is 0 Å². The number of hydrogen-bond donors (Lipinski definition) is 0. The minimum Gasteiger partial charge on any atom is -0.116 e. The third kappa shape index (κ3) is 8.50. The molecule has 1 aliphatic carbocycles. The fourth-order valence-corrected chi connectivity index (χ4v) is 4.36. The summed E-state index contributed by atoms with van der Waals surface area (Å²) in [6.07, 6.45) is 2.06. The van der Waals surface area contributed by atoms with E-state index in [1.54, 1.807) is 0 Å². The van der Waals surface area contributed by atoms with E-state index >= 15 is 0 Å². The van der Waals surface area contributed by atoms with Gasteiger partial charge >= 0.3 is 0 Å². The number of halogens is 2. The molecule has 1 radical (unpaired) electrons. The normalized spacial score (nSPS) is 11.3. The van der Waals surface area contributed by atoms with Crippen LogP contribution in [0.2, 0.25) is 0 Å². The summed E-state index contributed by atoms with van der Waals surface area (Å²) in [5.74, 6) is 0. The standard InChI is InChI=1S/C22H14Br.2C3H9P.BrH.Pd/c23-22-20-8-4-3-7-16(20)11-19-12-17-9-14-5-1-2-6-15(14)10-18(17)13-21(19)22;2*1-4(2)3;;/h1-8,12-13H,9-10H2;2*1-3H3;1H;/p+1. The van der Waals surface area contributed by atoms with Crippen LogP contribution in [-0.2, 0) is 33.3 Å². The van der Waals surface area contributed by atoms with Gasteiger partial charge in [-0.25, -0.2) is 0 Å². The molecule has 0 amide bonds. The second kappa shape index (κ2) is 14.4. The van der Waals surface area contributed by atoms with Gasteiger partial charge in [0.2, 0.25) is 0 Å². The fourth-order valence-electron chi connectivity index (χ4n) is 3.69. The van der Waals surface area contributed by atoms with Crippen LogP contribution < -0.4 is 0 Å². The zero-order chi connectivity index (χ0) is 22.5. The second-order valence-electron chi connectivity index (χ2n) is 9.11. The van der Waals surface area contributed by atoms with Gasteiger partial charge in [0.15, 0.2) is 0 Å². The van der Waals surface area contributed by atoms with Gasteiger partial charge < -0.3 is 0 Å². The van der Waals surface area contributed by atoms with Crippen LogP contribution in [0, 0.1) is 6.07 Å². The van der Waals surface area contributed by atoms with Crippen LogP contribution in [-0.4, -0.2) is 40.0 Å². The summed E-state index contributed by atoms with van der Waals surface area (Å²) in [7, 11) is 0.500. The molecule has 0 fully saturated rings. The Labute approximate surface area is 235 Å². The van der Waals surface area contributed by atoms with Gasteiger partial charge in [0.05, 0.1) is 0 Å². The second-order valence-corrected chi connectivity index (χ2v) is 15.6. The van der Waals surface area contributed by atoms with E-state index in [1.807, 2.05) is 0 Å². The molecule has 0 unspecified atom stereocenters. The van der Waals surface area contributed by atoms with Crippen LogP contribution in [0.1, 0.15) is 22.3 Å². The van der Waals surface area contributed by atoms with Gasteiger partial charge in [-0.15, -0.1) is 24.9 Å². The predicted molar refractivity (Wildman–Crippen MR) is 161 cm³/mol. The molecule has 179 valence electrons. The fraction of sp³-hybridized carbons (Fsp3) is 0.286. The van der Waals surface area contributed by atoms with Crippen molar-refractivity contribution in [3.63, 3.8) is 0 Å². The molecular formula is C28H34Br2P2Pd+. The van der Waals surface area contributed by atoms with Gasteiger partial charge in [0.1, 0.15) is 0 Å². The zero-order valence-electron chi connectivity index (χ0n) is 20.2. The molecule has 0 bridgehead atoms. The molecule has 0 N–H and O–H groups in total. The van der Waals surface area contributed by atoms with Crippen molar-refractivity contribution >= 4 is 70.3 Å². The maximum atomic E-state index is 3.82. The Morgan fingerprint density at radius 1 is 0.727 bits per heavy atom. The van der Waals surface area contributed by atoms with Gasteiger partial charge in [0.25, 0.3) is 0 Å². The molecule has 0 nitrogen and oxygen atoms in total. The van der Waals surface area contributed by atoms with Crippen molar-refractivity contribution in [3.05, 3.63) is 93.5 Å². The van der Waals surface area contributed by atoms with E-state index in [-0.39, 0.29) is 45.3 Å². The number of hydrogen-bond acceptors (Lipinski definition) is 0. The summed E-state index contributed by atoms with van der Waals surface area (Å²) in [5.41, 5.74) is 5.80. The summed E-state index contributed by atoms with van der Waals surface area (Å²) in [6.45, 7) is 13.5. The maximum absolute atomic E-state index is 3.82. The summed E-state index contributed by atoms with van der Waals surface area (Å²) in [4.78, 5) is 0. The Hall–Kier alpha value is -0.118. The molecule has 0 spiro atoms. The molecule has 0 atom stereocenters. The molecule has 0 heterocycles. The molecule has 5 rings (SSSR count). The topological polar surface area (TPSA) is 0 Å². The van der Waals surface area contributed by atoms with Crippen molar-refractivity contribution in [3.8, 4) is 0 Å². The molecule has 0 saturated heterocycles. The van der Waals surface area contributed by atoms with Crippen molar-refractivity contribution in [2.75, 3.05) is 40.0 Å². The van der Waals surface area contributed by atoms with Crippen LogP contribution in [0.3, 0.4) is 0 Å². The Bertz CT molecular complexity index is 1180. The van der Waals surface area contributed by atoms with Crippen LogP contribution in [0.25, 0.3) is 21.5 Å². The van der Waals surface area contributed by atoms with Crippen molar-refractivity contribution in [2.24, 2.45) is 0 Å². The first-order valence-electron chi connectivity index (χ1n) is 10.8. The van der Waals surface area contributed by atoms with Crippen LogP contribution in [0.4, 0.5) is 0 Å². The van der Waals surface area contributed by atoms with Crippen molar-refractivity contribution in [2.45, 2.75) is 12.8 Å². The summed E-state index contributed by atoms with van der Waals surface area (Å²) in [6, 6.07) is 25.5. The van der Waals surface area contributed by atoms with E-state index < -0.39 is 0 Å². The number of rotatable bonds is 0. The molecule has 5 heteroatoms. The molecule has 1 aliphatic rings. The number of fused-ring (bicyclic) bond motifs is 4. The van der Waals surface area contributed by atoms with Gasteiger partial charge in [-0.2, -0.15) is 0 Å². The summed E-state index contributed by atoms with van der Waals surface area (Å²) >= 11 is 3.82. The molecular weight excluding hydrogens is 664 g/mol. The monoisotopic (exact) mass is 696 g/mol. The molecule has 0 saturated carbocycles. The zero-order valence-corrected chi connectivity index (χ0v) is 27.0. The Morgan fingerprint density at radius 3 is 1.73 bits per heavy atom. The molecule has 0 aromatic heterocycles. The molecule has 4 aromatic rings. The average molecular weight is 699 g/mol. The first-order chi connectivity index (χ1) is 14.8. The van der Waals surface area contributed by atoms with E-state index in [0.29, 0.717) is 7.92 Å².